The van der Waals surface area contributed by atoms with Gasteiger partial charge in [0.15, 0.2) is 0 Å². The molecule has 0 spiro atoms. The smallest absolute Gasteiger partial charge is 0.305 e. The molecule has 0 fully saturated rings. The first-order valence-electron chi connectivity index (χ1n) is 6.40. The summed E-state index contributed by atoms with van der Waals surface area (Å²) in [5.41, 5.74) is -0.0356. The van der Waals surface area contributed by atoms with E-state index in [0.717, 1.165) is 18.9 Å². The fourth-order valence-corrected chi connectivity index (χ4v) is 2.07. The van der Waals surface area contributed by atoms with E-state index in [1.54, 1.807) is 0 Å². The van der Waals surface area contributed by atoms with Crippen molar-refractivity contribution in [2.75, 3.05) is 19.0 Å². The summed E-state index contributed by atoms with van der Waals surface area (Å²) >= 11 is 3.00. The fraction of sp³-hybridized carbons (Fsp3) is 0.462. The number of rotatable bonds is 8. The van der Waals surface area contributed by atoms with Crippen LogP contribution in [0.15, 0.2) is 16.6 Å². The van der Waals surface area contributed by atoms with E-state index in [4.69, 9.17) is 0 Å². The first kappa shape index (κ1) is 17.4. The van der Waals surface area contributed by atoms with Crippen LogP contribution in [0.4, 0.5) is 15.8 Å². The number of hydrogen-bond donors (Lipinski definition) is 1. The van der Waals surface area contributed by atoms with E-state index in [1.807, 2.05) is 0 Å². The third kappa shape index (κ3) is 5.66. The molecular weight excluding hydrogens is 347 g/mol. The van der Waals surface area contributed by atoms with Gasteiger partial charge < -0.3 is 10.1 Å². The molecule has 21 heavy (non-hydrogen) atoms. The van der Waals surface area contributed by atoms with Crippen molar-refractivity contribution in [3.8, 4) is 0 Å². The van der Waals surface area contributed by atoms with Gasteiger partial charge in [0.2, 0.25) is 0 Å². The number of nitrogens with one attached hydrogen (secondary N) is 1. The normalized spacial score (nSPS) is 10.2. The SMILES string of the molecule is COC(=O)CCCCCNc1cc(Br)c(F)cc1[N+](=O)[O-]. The zero-order valence-corrected chi connectivity index (χ0v) is 13.1. The maximum absolute atomic E-state index is 13.3. The molecule has 1 aromatic carbocycles. The third-order valence-electron chi connectivity index (χ3n) is 2.84. The highest BCUT2D eigenvalue weighted by Gasteiger charge is 2.17. The Labute approximate surface area is 129 Å². The molecule has 0 bridgehead atoms. The lowest BCUT2D eigenvalue weighted by Crippen LogP contribution is -2.05. The zero-order valence-electron chi connectivity index (χ0n) is 11.5. The Bertz CT molecular complexity index is 525. The summed E-state index contributed by atoms with van der Waals surface area (Å²) in [7, 11) is 1.34. The van der Waals surface area contributed by atoms with Crippen molar-refractivity contribution in [2.45, 2.75) is 25.7 Å². The Kier molecular flexibility index (Phi) is 7.07. The van der Waals surface area contributed by atoms with Crippen LogP contribution in [0.25, 0.3) is 0 Å². The summed E-state index contributed by atoms with van der Waals surface area (Å²) < 4.78 is 18.0. The molecule has 0 saturated carbocycles. The van der Waals surface area contributed by atoms with E-state index in [-0.39, 0.29) is 21.8 Å². The second-order valence-electron chi connectivity index (χ2n) is 4.35. The van der Waals surface area contributed by atoms with Gasteiger partial charge in [0.25, 0.3) is 5.69 Å². The van der Waals surface area contributed by atoms with Gasteiger partial charge in [-0.3, -0.25) is 14.9 Å². The van der Waals surface area contributed by atoms with Crippen LogP contribution < -0.4 is 5.32 Å². The maximum atomic E-state index is 13.3. The minimum Gasteiger partial charge on any atom is -0.469 e. The number of nitro groups is 1. The zero-order chi connectivity index (χ0) is 15.8. The largest absolute Gasteiger partial charge is 0.469 e. The molecule has 8 heteroatoms. The predicted octanol–water partition coefficient (Wildman–Crippen LogP) is 3.64. The molecule has 1 aromatic rings. The summed E-state index contributed by atoms with van der Waals surface area (Å²) in [4.78, 5) is 21.1. The molecule has 0 aromatic heterocycles. The van der Waals surface area contributed by atoms with Crippen molar-refractivity contribution in [3.63, 3.8) is 0 Å². The molecule has 6 nitrogen and oxygen atoms in total. The molecule has 0 radical (unpaired) electrons. The van der Waals surface area contributed by atoms with Crippen LogP contribution in [0.3, 0.4) is 0 Å². The van der Waals surface area contributed by atoms with Gasteiger partial charge >= 0.3 is 5.97 Å². The Morgan fingerprint density at radius 1 is 1.43 bits per heavy atom. The lowest BCUT2D eigenvalue weighted by Gasteiger charge is -2.08. The van der Waals surface area contributed by atoms with Crippen LogP contribution in [-0.4, -0.2) is 24.5 Å². The first-order valence-corrected chi connectivity index (χ1v) is 7.19. The maximum Gasteiger partial charge on any atom is 0.305 e. The van der Waals surface area contributed by atoms with Crippen molar-refractivity contribution >= 4 is 33.3 Å². The lowest BCUT2D eigenvalue weighted by molar-refractivity contribution is -0.384. The lowest BCUT2D eigenvalue weighted by atomic mass is 10.2. The number of benzene rings is 1. The van der Waals surface area contributed by atoms with Crippen LogP contribution in [0, 0.1) is 15.9 Å². The number of hydrogen-bond acceptors (Lipinski definition) is 5. The number of ether oxygens (including phenoxy) is 1. The third-order valence-corrected chi connectivity index (χ3v) is 3.44. The first-order chi connectivity index (χ1) is 9.95. The molecule has 0 heterocycles. The highest BCUT2D eigenvalue weighted by Crippen LogP contribution is 2.30. The average molecular weight is 363 g/mol. The second-order valence-corrected chi connectivity index (χ2v) is 5.21. The van der Waals surface area contributed by atoms with Gasteiger partial charge in [-0.1, -0.05) is 6.42 Å². The van der Waals surface area contributed by atoms with Gasteiger partial charge in [-0.2, -0.15) is 0 Å². The minimum atomic E-state index is -0.676. The van der Waals surface area contributed by atoms with Crippen molar-refractivity contribution < 1.29 is 18.8 Å². The number of nitrogens with zero attached hydrogens (tertiary/aromatic N) is 1. The molecule has 0 aliphatic heterocycles. The van der Waals surface area contributed by atoms with Crippen LogP contribution in [-0.2, 0) is 9.53 Å². The Hall–Kier alpha value is -1.70. The highest BCUT2D eigenvalue weighted by molar-refractivity contribution is 9.10. The van der Waals surface area contributed by atoms with Gasteiger partial charge in [-0.05, 0) is 34.8 Å². The van der Waals surface area contributed by atoms with Crippen LogP contribution >= 0.6 is 15.9 Å². The van der Waals surface area contributed by atoms with Crippen molar-refractivity contribution in [3.05, 3.63) is 32.5 Å². The molecule has 0 unspecified atom stereocenters. The number of carbonyl (C=O) groups excluding carboxylic acids is 1. The molecule has 1 N–H and O–H groups in total. The molecule has 0 amide bonds. The summed E-state index contributed by atoms with van der Waals surface area (Å²) in [6, 6.07) is 2.23. The molecule has 0 aliphatic rings. The predicted molar refractivity (Wildman–Crippen MR) is 79.7 cm³/mol. The standard InChI is InChI=1S/C13H16BrFN2O4/c1-21-13(18)5-3-2-4-6-16-11-7-9(14)10(15)8-12(11)17(19)20/h7-8,16H,2-6H2,1H3. The van der Waals surface area contributed by atoms with Crippen LogP contribution in [0.5, 0.6) is 0 Å². The molecule has 116 valence electrons. The minimum absolute atomic E-state index is 0.168. The highest BCUT2D eigenvalue weighted by atomic mass is 79.9. The number of methoxy groups -OCH3 is 1. The second kappa shape index (κ2) is 8.56. The summed E-state index contributed by atoms with van der Waals surface area (Å²) in [5, 5.41) is 13.8. The van der Waals surface area contributed by atoms with E-state index in [0.29, 0.717) is 19.4 Å². The number of unbranched alkanes of at least 4 members (excludes halogenated alkanes) is 2. The van der Waals surface area contributed by atoms with Gasteiger partial charge in [-0.15, -0.1) is 0 Å². The van der Waals surface area contributed by atoms with Gasteiger partial charge in [0.05, 0.1) is 22.6 Å². The topological polar surface area (TPSA) is 81.5 Å². The van der Waals surface area contributed by atoms with Crippen molar-refractivity contribution in [1.29, 1.82) is 0 Å². The molecule has 0 aliphatic carbocycles. The number of nitro benzene ring substituents is 1. The van der Waals surface area contributed by atoms with Crippen molar-refractivity contribution in [2.24, 2.45) is 0 Å². The Balaban J connectivity index is 2.46. The van der Waals surface area contributed by atoms with Crippen LogP contribution in [0.1, 0.15) is 25.7 Å². The van der Waals surface area contributed by atoms with Crippen molar-refractivity contribution in [1.82, 2.24) is 0 Å². The number of halogens is 2. The van der Waals surface area contributed by atoms with E-state index < -0.39 is 10.7 Å². The average Bonchev–Trinajstić information content (AvgIpc) is 2.45. The van der Waals surface area contributed by atoms with E-state index in [1.165, 1.54) is 13.2 Å². The van der Waals surface area contributed by atoms with E-state index in [9.17, 15) is 19.3 Å². The number of anilines is 1. The van der Waals surface area contributed by atoms with E-state index in [2.05, 4.69) is 26.0 Å². The molecule has 1 rings (SSSR count). The Morgan fingerprint density at radius 3 is 2.76 bits per heavy atom. The van der Waals surface area contributed by atoms with Gasteiger partial charge in [0, 0.05) is 13.0 Å². The molecule has 0 saturated heterocycles. The number of carbonyl (C=O) groups is 1. The summed E-state index contributed by atoms with van der Waals surface area (Å²) in [5.74, 6) is -0.925. The summed E-state index contributed by atoms with van der Waals surface area (Å²) in [6.45, 7) is 0.500. The molecule has 0 atom stereocenters. The molecular formula is C13H16BrFN2O4. The van der Waals surface area contributed by atoms with Crippen LogP contribution in [0.2, 0.25) is 0 Å². The fourth-order valence-electron chi connectivity index (χ4n) is 1.73. The quantitative estimate of drug-likeness (QED) is 0.330. The Morgan fingerprint density at radius 2 is 2.14 bits per heavy atom. The number of esters is 1. The summed E-state index contributed by atoms with van der Waals surface area (Å²) in [6.07, 6.45) is 2.59. The van der Waals surface area contributed by atoms with Gasteiger partial charge in [0.1, 0.15) is 11.5 Å². The van der Waals surface area contributed by atoms with Gasteiger partial charge in [-0.25, -0.2) is 4.39 Å². The monoisotopic (exact) mass is 362 g/mol. The van der Waals surface area contributed by atoms with E-state index >= 15 is 0 Å².